The third-order valence-corrected chi connectivity index (χ3v) is 11.9. The van der Waals surface area contributed by atoms with E-state index < -0.39 is 6.09 Å². The van der Waals surface area contributed by atoms with Gasteiger partial charge in [-0.05, 0) is 91.3 Å². The molecular formula is C42H49N7O5. The molecular weight excluding hydrogens is 683 g/mol. The first-order chi connectivity index (χ1) is 26.2. The fourth-order valence-electron chi connectivity index (χ4n) is 8.75. The topological polar surface area (TPSA) is 146 Å². The van der Waals surface area contributed by atoms with Crippen LogP contribution in [-0.4, -0.2) is 73.4 Å². The van der Waals surface area contributed by atoms with Gasteiger partial charge in [0.05, 0.1) is 42.1 Å². The maximum absolute atomic E-state index is 13.4. The molecule has 5 heterocycles. The normalized spacial score (nSPS) is 21.2. The SMILES string of the molecule is CCC(C)CC(=O)N1[C@@H](CC)CC[C@H]1c1ncc(-c2ccc3c(c2)COc2cc4c(ccc5nc(C6CC[C@H](C)N6C(=O)CNC(=O)OC)[nH]c54)cc2-3)[nH]1. The van der Waals surface area contributed by atoms with E-state index >= 15 is 0 Å². The molecule has 12 heteroatoms. The summed E-state index contributed by atoms with van der Waals surface area (Å²) in [5.41, 5.74) is 6.95. The minimum Gasteiger partial charge on any atom is -0.488 e. The lowest BCUT2D eigenvalue weighted by molar-refractivity contribution is -0.135. The lowest BCUT2D eigenvalue weighted by Crippen LogP contribution is -2.43. The molecule has 3 aromatic carbocycles. The lowest BCUT2D eigenvalue weighted by Gasteiger charge is -2.30. The van der Waals surface area contributed by atoms with Crippen LogP contribution in [0.4, 0.5) is 4.79 Å². The molecule has 2 aromatic heterocycles. The highest BCUT2D eigenvalue weighted by atomic mass is 16.5. The molecule has 3 aliphatic heterocycles. The van der Waals surface area contributed by atoms with Crippen LogP contribution in [0.3, 0.4) is 0 Å². The summed E-state index contributed by atoms with van der Waals surface area (Å²) in [5, 5.41) is 4.57. The molecule has 5 atom stereocenters. The number of carbonyl (C=O) groups excluding carboxylic acids is 3. The molecule has 2 fully saturated rings. The van der Waals surface area contributed by atoms with Crippen molar-refractivity contribution in [2.45, 2.75) is 103 Å². The maximum Gasteiger partial charge on any atom is 0.407 e. The van der Waals surface area contributed by atoms with Crippen molar-refractivity contribution in [2.24, 2.45) is 5.92 Å². The molecule has 0 aliphatic carbocycles. The van der Waals surface area contributed by atoms with Gasteiger partial charge in [0.2, 0.25) is 11.8 Å². The number of ether oxygens (including phenoxy) is 2. The number of rotatable bonds is 9. The maximum atomic E-state index is 13.4. The van der Waals surface area contributed by atoms with Crippen LogP contribution in [0.15, 0.2) is 48.7 Å². The number of H-pyrrole nitrogens is 2. The van der Waals surface area contributed by atoms with E-state index in [4.69, 9.17) is 14.7 Å². The first kappa shape index (κ1) is 35.6. The van der Waals surface area contributed by atoms with Gasteiger partial charge in [-0.1, -0.05) is 45.4 Å². The molecule has 3 amide bonds. The summed E-state index contributed by atoms with van der Waals surface area (Å²) in [6.45, 7) is 8.78. The van der Waals surface area contributed by atoms with E-state index in [0.29, 0.717) is 18.9 Å². The molecule has 2 saturated heterocycles. The summed E-state index contributed by atoms with van der Waals surface area (Å²) in [5.74, 6) is 2.82. The van der Waals surface area contributed by atoms with Crippen LogP contribution in [0.2, 0.25) is 0 Å². The average molecular weight is 732 g/mol. The molecule has 8 rings (SSSR count). The highest BCUT2D eigenvalue weighted by molar-refractivity contribution is 6.07. The van der Waals surface area contributed by atoms with Crippen molar-refractivity contribution in [2.75, 3.05) is 13.7 Å². The van der Waals surface area contributed by atoms with E-state index in [-0.39, 0.29) is 42.5 Å². The Morgan fingerprint density at radius 1 is 0.963 bits per heavy atom. The Hall–Kier alpha value is -5.39. The molecule has 12 nitrogen and oxygen atoms in total. The molecule has 0 saturated carbocycles. The second-order valence-electron chi connectivity index (χ2n) is 15.3. The van der Waals surface area contributed by atoms with Gasteiger partial charge in [0.15, 0.2) is 0 Å². The lowest BCUT2D eigenvalue weighted by atomic mass is 9.92. The minimum atomic E-state index is -0.634. The summed E-state index contributed by atoms with van der Waals surface area (Å²) in [6.07, 6.45) is 7.31. The summed E-state index contributed by atoms with van der Waals surface area (Å²) in [7, 11) is 1.28. The first-order valence-electron chi connectivity index (χ1n) is 19.4. The smallest absolute Gasteiger partial charge is 0.407 e. The van der Waals surface area contributed by atoms with Gasteiger partial charge in [0.25, 0.3) is 0 Å². The summed E-state index contributed by atoms with van der Waals surface area (Å²) in [6, 6.07) is 14.9. The number of nitrogens with one attached hydrogen (secondary N) is 3. The van der Waals surface area contributed by atoms with Crippen LogP contribution >= 0.6 is 0 Å². The van der Waals surface area contributed by atoms with Gasteiger partial charge in [0, 0.05) is 29.5 Å². The number of aromatic nitrogens is 4. The summed E-state index contributed by atoms with van der Waals surface area (Å²) in [4.78, 5) is 59.1. The Bertz CT molecular complexity index is 2240. The number of benzene rings is 3. The van der Waals surface area contributed by atoms with Crippen molar-refractivity contribution < 1.29 is 23.9 Å². The van der Waals surface area contributed by atoms with E-state index in [2.05, 4.69) is 82.1 Å². The fourth-order valence-corrected chi connectivity index (χ4v) is 8.75. The number of imidazole rings is 2. The number of methoxy groups -OCH3 is 1. The zero-order valence-corrected chi connectivity index (χ0v) is 31.7. The highest BCUT2D eigenvalue weighted by Gasteiger charge is 2.39. The second kappa shape index (κ2) is 14.4. The van der Waals surface area contributed by atoms with Crippen LogP contribution in [0.25, 0.3) is 44.2 Å². The number of alkyl carbamates (subject to hydrolysis) is 1. The fraction of sp³-hybridized carbons (Fsp3) is 0.452. The van der Waals surface area contributed by atoms with Crippen molar-refractivity contribution in [3.8, 4) is 28.1 Å². The highest BCUT2D eigenvalue weighted by Crippen LogP contribution is 2.44. The Morgan fingerprint density at radius 2 is 1.78 bits per heavy atom. The standard InChI is InChI=1S/C42H49N7O5/c1-6-23(3)16-37(50)49-28(7-2)11-15-34(49)40-43-20-33(46-40)26-9-12-29-27(17-26)22-54-36-19-30-25(18-31(29)36)10-13-32-39(30)47-41(45-32)35-14-8-24(4)48(35)38(51)21-44-42(52)53-5/h9-10,12-13,17-20,23-24,28,34-35H,6-8,11,14-16,21-22H2,1-5H3,(H,43,46)(H,44,52)(H,45,47)/t23?,24-,28-,34-,35?/m0/s1. The van der Waals surface area contributed by atoms with Crippen LogP contribution < -0.4 is 10.1 Å². The first-order valence-corrected chi connectivity index (χ1v) is 19.4. The molecule has 282 valence electrons. The quantitative estimate of drug-likeness (QED) is 0.140. The van der Waals surface area contributed by atoms with Crippen LogP contribution in [0, 0.1) is 5.92 Å². The van der Waals surface area contributed by atoms with Crippen LogP contribution in [0.1, 0.15) is 102 Å². The van der Waals surface area contributed by atoms with E-state index in [9.17, 15) is 14.4 Å². The molecule has 2 unspecified atom stereocenters. The predicted molar refractivity (Wildman–Crippen MR) is 207 cm³/mol. The number of likely N-dealkylation sites (tertiary alicyclic amines) is 2. The monoisotopic (exact) mass is 731 g/mol. The zero-order chi connectivity index (χ0) is 37.7. The van der Waals surface area contributed by atoms with Crippen molar-refractivity contribution in [3.05, 3.63) is 65.9 Å². The van der Waals surface area contributed by atoms with Crippen molar-refractivity contribution in [3.63, 3.8) is 0 Å². The number of carbonyl (C=O) groups is 3. The number of fused-ring (bicyclic) bond motifs is 6. The van der Waals surface area contributed by atoms with E-state index in [1.54, 1.807) is 0 Å². The van der Waals surface area contributed by atoms with Gasteiger partial charge in [-0.25, -0.2) is 14.8 Å². The van der Waals surface area contributed by atoms with Crippen molar-refractivity contribution in [1.29, 1.82) is 0 Å². The summed E-state index contributed by atoms with van der Waals surface area (Å²) >= 11 is 0. The Balaban J connectivity index is 1.05. The summed E-state index contributed by atoms with van der Waals surface area (Å²) < 4.78 is 11.1. The van der Waals surface area contributed by atoms with Gasteiger partial charge in [-0.15, -0.1) is 0 Å². The van der Waals surface area contributed by atoms with Gasteiger partial charge in [-0.2, -0.15) is 0 Å². The van der Waals surface area contributed by atoms with E-state index in [0.717, 1.165) is 106 Å². The molecule has 0 spiro atoms. The number of amides is 3. The zero-order valence-electron chi connectivity index (χ0n) is 31.7. The number of aromatic amines is 2. The van der Waals surface area contributed by atoms with E-state index in [1.165, 1.54) is 7.11 Å². The number of hydrogen-bond acceptors (Lipinski definition) is 7. The van der Waals surface area contributed by atoms with Crippen LogP contribution in [0.5, 0.6) is 5.75 Å². The number of nitrogens with zero attached hydrogens (tertiary/aromatic N) is 4. The third-order valence-electron chi connectivity index (χ3n) is 11.9. The molecule has 3 N–H and O–H groups in total. The second-order valence-corrected chi connectivity index (χ2v) is 15.3. The molecule has 0 bridgehead atoms. The largest absolute Gasteiger partial charge is 0.488 e. The molecule has 5 aromatic rings. The average Bonchev–Trinajstić information content (AvgIpc) is 4.00. The van der Waals surface area contributed by atoms with Crippen molar-refractivity contribution in [1.82, 2.24) is 35.1 Å². The van der Waals surface area contributed by atoms with Gasteiger partial charge < -0.3 is 34.6 Å². The molecule has 54 heavy (non-hydrogen) atoms. The minimum absolute atomic E-state index is 0.0180. The Kier molecular flexibility index (Phi) is 9.53. The van der Waals surface area contributed by atoms with Gasteiger partial charge in [-0.3, -0.25) is 9.59 Å². The Labute approximate surface area is 315 Å². The van der Waals surface area contributed by atoms with Crippen molar-refractivity contribution >= 4 is 39.7 Å². The molecule has 0 radical (unpaired) electrons. The third kappa shape index (κ3) is 6.35. The molecule has 3 aliphatic rings. The predicted octanol–water partition coefficient (Wildman–Crippen LogP) is 7.95. The van der Waals surface area contributed by atoms with Gasteiger partial charge >= 0.3 is 6.09 Å². The number of hydrogen-bond donors (Lipinski definition) is 3. The Morgan fingerprint density at radius 3 is 2.57 bits per heavy atom. The van der Waals surface area contributed by atoms with Crippen LogP contribution in [-0.2, 0) is 20.9 Å². The van der Waals surface area contributed by atoms with Gasteiger partial charge in [0.1, 0.15) is 30.5 Å². The van der Waals surface area contributed by atoms with E-state index in [1.807, 2.05) is 24.1 Å².